The highest BCUT2D eigenvalue weighted by Gasteiger charge is 2.34. The van der Waals surface area contributed by atoms with Crippen LogP contribution in [-0.2, 0) is 12.6 Å². The predicted octanol–water partition coefficient (Wildman–Crippen LogP) is 3.67. The molecule has 0 aliphatic heterocycles. The Morgan fingerprint density at radius 3 is 2.29 bits per heavy atom. The normalized spacial score (nSPS) is 10.7. The van der Waals surface area contributed by atoms with Crippen LogP contribution >= 0.6 is 0 Å². The maximum absolute atomic E-state index is 11.9. The van der Waals surface area contributed by atoms with Gasteiger partial charge < -0.3 is 4.42 Å². The molecule has 1 rings (SSSR count). The molecule has 0 amide bonds. The molecule has 0 radical (unpaired) electrons. The monoisotopic (exact) mass is 209 g/mol. The zero-order valence-electron chi connectivity index (χ0n) is 8.48. The minimum atomic E-state index is -4.39. The van der Waals surface area contributed by atoms with E-state index >= 15 is 0 Å². The molecule has 0 aliphatic carbocycles. The van der Waals surface area contributed by atoms with Crippen LogP contribution in [-0.4, -0.2) is 4.98 Å². The number of oxazole rings is 1. The first-order chi connectivity index (χ1) is 6.54. The Bertz CT molecular complexity index is 255. The van der Waals surface area contributed by atoms with E-state index in [9.17, 15) is 13.2 Å². The van der Waals surface area contributed by atoms with E-state index in [1.165, 1.54) is 0 Å². The summed E-state index contributed by atoms with van der Waals surface area (Å²) in [6.45, 7) is 5.84. The minimum Gasteiger partial charge on any atom is -0.448 e. The second-order valence-corrected chi connectivity index (χ2v) is 2.37. The van der Waals surface area contributed by atoms with Gasteiger partial charge in [-0.25, -0.2) is 4.98 Å². The van der Waals surface area contributed by atoms with Gasteiger partial charge in [-0.05, 0) is 6.42 Å². The van der Waals surface area contributed by atoms with Crippen LogP contribution in [0.5, 0.6) is 0 Å². The van der Waals surface area contributed by atoms with Crippen molar-refractivity contribution >= 4 is 0 Å². The first-order valence-electron chi connectivity index (χ1n) is 4.55. The van der Waals surface area contributed by atoms with E-state index in [-0.39, 0.29) is 5.89 Å². The lowest BCUT2D eigenvalue weighted by molar-refractivity contribution is -0.141. The minimum absolute atomic E-state index is 0.143. The number of hydrogen-bond donors (Lipinski definition) is 0. The van der Waals surface area contributed by atoms with Crippen LogP contribution in [0.25, 0.3) is 0 Å². The molecule has 0 saturated heterocycles. The molecule has 0 unspecified atom stereocenters. The fraction of sp³-hybridized carbons (Fsp3) is 0.667. The standard InChI is InChI=1S/C7H8F3NO.C2H6/c1-2-3-6-11-5(4-12-6)7(8,9)10;1-2/h4H,2-3H2,1H3;1-2H3. The maximum Gasteiger partial charge on any atom is 0.436 e. The zero-order valence-corrected chi connectivity index (χ0v) is 8.48. The van der Waals surface area contributed by atoms with Crippen molar-refractivity contribution in [3.05, 3.63) is 17.8 Å². The summed E-state index contributed by atoms with van der Waals surface area (Å²) in [7, 11) is 0. The smallest absolute Gasteiger partial charge is 0.436 e. The molecule has 2 nitrogen and oxygen atoms in total. The number of aromatic nitrogens is 1. The zero-order chi connectivity index (χ0) is 11.2. The lowest BCUT2D eigenvalue weighted by Crippen LogP contribution is -2.05. The second-order valence-electron chi connectivity index (χ2n) is 2.37. The van der Waals surface area contributed by atoms with E-state index < -0.39 is 11.9 Å². The van der Waals surface area contributed by atoms with E-state index in [0.29, 0.717) is 12.7 Å². The van der Waals surface area contributed by atoms with Crippen LogP contribution < -0.4 is 0 Å². The molecular formula is C9H14F3NO. The van der Waals surface area contributed by atoms with Crippen LogP contribution in [0.2, 0.25) is 0 Å². The van der Waals surface area contributed by atoms with Crippen LogP contribution in [0.15, 0.2) is 10.7 Å². The summed E-state index contributed by atoms with van der Waals surface area (Å²) in [4.78, 5) is 3.28. The molecular weight excluding hydrogens is 195 g/mol. The van der Waals surface area contributed by atoms with Crippen molar-refractivity contribution in [1.29, 1.82) is 0 Å². The summed E-state index contributed by atoms with van der Waals surface area (Å²) < 4.78 is 40.4. The van der Waals surface area contributed by atoms with Crippen molar-refractivity contribution < 1.29 is 17.6 Å². The number of hydrogen-bond acceptors (Lipinski definition) is 2. The molecule has 1 heterocycles. The Hall–Kier alpha value is -1.00. The summed E-state index contributed by atoms with van der Waals surface area (Å²) in [5, 5.41) is 0. The van der Waals surface area contributed by atoms with Gasteiger partial charge >= 0.3 is 6.18 Å². The van der Waals surface area contributed by atoms with Crippen molar-refractivity contribution in [3.8, 4) is 0 Å². The van der Waals surface area contributed by atoms with E-state index in [1.807, 2.05) is 20.8 Å². The van der Waals surface area contributed by atoms with Crippen molar-refractivity contribution in [2.75, 3.05) is 0 Å². The van der Waals surface area contributed by atoms with E-state index in [4.69, 9.17) is 0 Å². The lowest BCUT2D eigenvalue weighted by Gasteiger charge is -1.97. The van der Waals surface area contributed by atoms with Crippen molar-refractivity contribution in [1.82, 2.24) is 4.98 Å². The van der Waals surface area contributed by atoms with Crippen LogP contribution in [0.3, 0.4) is 0 Å². The molecule has 0 bridgehead atoms. The Morgan fingerprint density at radius 2 is 1.93 bits per heavy atom. The number of halogens is 3. The maximum atomic E-state index is 11.9. The van der Waals surface area contributed by atoms with Gasteiger partial charge in [-0.3, -0.25) is 0 Å². The quantitative estimate of drug-likeness (QED) is 0.742. The Kier molecular flexibility index (Phi) is 5.27. The lowest BCUT2D eigenvalue weighted by atomic mass is 10.3. The summed E-state index contributed by atoms with van der Waals surface area (Å²) in [5.41, 5.74) is -0.953. The highest BCUT2D eigenvalue weighted by Crippen LogP contribution is 2.28. The first kappa shape index (κ1) is 13.0. The molecule has 0 fully saturated rings. The molecule has 1 aromatic heterocycles. The Morgan fingerprint density at radius 1 is 1.36 bits per heavy atom. The highest BCUT2D eigenvalue weighted by molar-refractivity contribution is 5.00. The van der Waals surface area contributed by atoms with Crippen molar-refractivity contribution in [2.45, 2.75) is 39.8 Å². The van der Waals surface area contributed by atoms with Gasteiger partial charge in [-0.1, -0.05) is 20.8 Å². The first-order valence-corrected chi connectivity index (χ1v) is 4.55. The largest absolute Gasteiger partial charge is 0.448 e. The van der Waals surface area contributed by atoms with Crippen LogP contribution in [0, 0.1) is 0 Å². The molecule has 14 heavy (non-hydrogen) atoms. The molecule has 1 aromatic rings. The fourth-order valence-electron chi connectivity index (χ4n) is 0.770. The summed E-state index contributed by atoms with van der Waals surface area (Å²) in [6.07, 6.45) is -2.59. The molecule has 0 aliphatic rings. The SMILES string of the molecule is CC.CCCc1nc(C(F)(F)F)co1. The number of alkyl halides is 3. The molecule has 0 spiro atoms. The summed E-state index contributed by atoms with van der Waals surface area (Å²) in [6, 6.07) is 0. The van der Waals surface area contributed by atoms with Gasteiger partial charge in [0.25, 0.3) is 0 Å². The third-order valence-electron chi connectivity index (χ3n) is 1.31. The van der Waals surface area contributed by atoms with E-state index in [2.05, 4.69) is 9.40 Å². The second kappa shape index (κ2) is 5.67. The van der Waals surface area contributed by atoms with Gasteiger partial charge in [0.05, 0.1) is 0 Å². The third-order valence-corrected chi connectivity index (χ3v) is 1.31. The Labute approximate surface area is 81.1 Å². The van der Waals surface area contributed by atoms with E-state index in [1.54, 1.807) is 0 Å². The van der Waals surface area contributed by atoms with E-state index in [0.717, 1.165) is 6.42 Å². The van der Waals surface area contributed by atoms with Gasteiger partial charge in [0.15, 0.2) is 11.6 Å². The Balaban J connectivity index is 0.000000791. The summed E-state index contributed by atoms with van der Waals surface area (Å²) in [5.74, 6) is 0.143. The highest BCUT2D eigenvalue weighted by atomic mass is 19.4. The number of aryl methyl sites for hydroxylation is 1. The van der Waals surface area contributed by atoms with Gasteiger partial charge in [0.2, 0.25) is 0 Å². The fourth-order valence-corrected chi connectivity index (χ4v) is 0.770. The number of rotatable bonds is 2. The van der Waals surface area contributed by atoms with Gasteiger partial charge in [-0.2, -0.15) is 13.2 Å². The van der Waals surface area contributed by atoms with Crippen LogP contribution in [0.4, 0.5) is 13.2 Å². The number of nitrogens with zero attached hydrogens (tertiary/aromatic N) is 1. The average molecular weight is 209 g/mol. The third kappa shape index (κ3) is 3.81. The van der Waals surface area contributed by atoms with Crippen molar-refractivity contribution in [3.63, 3.8) is 0 Å². The molecule has 82 valence electrons. The molecule has 0 saturated carbocycles. The molecule has 0 N–H and O–H groups in total. The summed E-state index contributed by atoms with van der Waals surface area (Å²) >= 11 is 0. The van der Waals surface area contributed by atoms with Crippen LogP contribution in [0.1, 0.15) is 38.8 Å². The predicted molar refractivity (Wildman–Crippen MR) is 46.8 cm³/mol. The average Bonchev–Trinajstić information content (AvgIpc) is 2.56. The molecule has 0 atom stereocenters. The van der Waals surface area contributed by atoms with Gasteiger partial charge in [-0.15, -0.1) is 0 Å². The van der Waals surface area contributed by atoms with Crippen molar-refractivity contribution in [2.24, 2.45) is 0 Å². The van der Waals surface area contributed by atoms with Gasteiger partial charge in [0, 0.05) is 6.42 Å². The van der Waals surface area contributed by atoms with Gasteiger partial charge in [0.1, 0.15) is 6.26 Å². The molecule has 5 heteroatoms. The topological polar surface area (TPSA) is 26.0 Å². The molecule has 0 aromatic carbocycles.